The molecule has 0 aromatic carbocycles. The molecule has 0 radical (unpaired) electrons. The summed E-state index contributed by atoms with van der Waals surface area (Å²) >= 11 is 1.81. The first-order chi connectivity index (χ1) is 10.2. The molecule has 1 fully saturated rings. The predicted molar refractivity (Wildman–Crippen MR) is 88.5 cm³/mol. The van der Waals surface area contributed by atoms with E-state index in [1.165, 1.54) is 30.6 Å². The Kier molecular flexibility index (Phi) is 4.76. The normalized spacial score (nSPS) is 24.1. The first-order valence-corrected chi connectivity index (χ1v) is 8.86. The van der Waals surface area contributed by atoms with Crippen molar-refractivity contribution in [2.75, 3.05) is 6.54 Å². The highest BCUT2D eigenvalue weighted by molar-refractivity contribution is 7.10. The summed E-state index contributed by atoms with van der Waals surface area (Å²) < 4.78 is 2.13. The molecule has 1 aliphatic rings. The first-order valence-electron chi connectivity index (χ1n) is 7.98. The van der Waals surface area contributed by atoms with E-state index in [9.17, 15) is 0 Å². The van der Waals surface area contributed by atoms with Crippen LogP contribution in [-0.2, 0) is 7.05 Å². The van der Waals surface area contributed by atoms with Gasteiger partial charge in [0.05, 0.1) is 0 Å². The van der Waals surface area contributed by atoms with Gasteiger partial charge in [0.15, 0.2) is 0 Å². The van der Waals surface area contributed by atoms with Crippen molar-refractivity contribution >= 4 is 11.3 Å². The molecule has 1 aliphatic carbocycles. The Morgan fingerprint density at radius 3 is 3.05 bits per heavy atom. The van der Waals surface area contributed by atoms with Gasteiger partial charge >= 0.3 is 0 Å². The Labute approximate surface area is 131 Å². The van der Waals surface area contributed by atoms with Crippen LogP contribution >= 0.6 is 11.3 Å². The van der Waals surface area contributed by atoms with E-state index >= 15 is 0 Å². The molecule has 4 heteroatoms. The SMILES string of the molecule is CC1CCCC(CNC(c2cccs2)c2nccn2C)C1. The number of rotatable bonds is 5. The second kappa shape index (κ2) is 6.75. The average Bonchev–Trinajstić information content (AvgIpc) is 3.12. The van der Waals surface area contributed by atoms with Crippen LogP contribution in [0.3, 0.4) is 0 Å². The van der Waals surface area contributed by atoms with Crippen LogP contribution in [0.2, 0.25) is 0 Å². The molecule has 0 saturated heterocycles. The fourth-order valence-corrected chi connectivity index (χ4v) is 4.26. The molecule has 0 bridgehead atoms. The maximum Gasteiger partial charge on any atom is 0.131 e. The van der Waals surface area contributed by atoms with Crippen molar-refractivity contribution in [2.45, 2.75) is 38.6 Å². The van der Waals surface area contributed by atoms with Gasteiger partial charge in [0.2, 0.25) is 0 Å². The van der Waals surface area contributed by atoms with Crippen LogP contribution in [0.5, 0.6) is 0 Å². The topological polar surface area (TPSA) is 29.9 Å². The number of nitrogens with zero attached hydrogens (tertiary/aromatic N) is 2. The van der Waals surface area contributed by atoms with Crippen LogP contribution in [-0.4, -0.2) is 16.1 Å². The van der Waals surface area contributed by atoms with Gasteiger partial charge in [-0.3, -0.25) is 0 Å². The standard InChI is InChI=1S/C17H25N3S/c1-13-5-3-6-14(11-13)12-19-16(15-7-4-10-21-15)17-18-8-9-20(17)2/h4,7-10,13-14,16,19H,3,5-6,11-12H2,1-2H3. The second-order valence-electron chi connectivity index (χ2n) is 6.39. The van der Waals surface area contributed by atoms with Crippen LogP contribution in [0.25, 0.3) is 0 Å². The van der Waals surface area contributed by atoms with Crippen LogP contribution in [0.4, 0.5) is 0 Å². The minimum Gasteiger partial charge on any atom is -0.336 e. The van der Waals surface area contributed by atoms with Crippen molar-refractivity contribution < 1.29 is 0 Å². The van der Waals surface area contributed by atoms with E-state index in [0.29, 0.717) is 0 Å². The Bertz CT molecular complexity index is 546. The molecular weight excluding hydrogens is 278 g/mol. The summed E-state index contributed by atoms with van der Waals surface area (Å²) in [5.74, 6) is 2.82. The summed E-state index contributed by atoms with van der Waals surface area (Å²) in [7, 11) is 2.08. The maximum absolute atomic E-state index is 4.56. The Hall–Kier alpha value is -1.13. The summed E-state index contributed by atoms with van der Waals surface area (Å²) in [6.45, 7) is 3.49. The molecule has 2 aromatic heterocycles. The minimum atomic E-state index is 0.224. The Morgan fingerprint density at radius 1 is 1.48 bits per heavy atom. The molecule has 2 aromatic rings. The monoisotopic (exact) mass is 303 g/mol. The molecule has 2 heterocycles. The summed E-state index contributed by atoms with van der Waals surface area (Å²) in [4.78, 5) is 5.91. The molecule has 3 nitrogen and oxygen atoms in total. The van der Waals surface area contributed by atoms with Crippen LogP contribution in [0.15, 0.2) is 29.9 Å². The van der Waals surface area contributed by atoms with E-state index < -0.39 is 0 Å². The van der Waals surface area contributed by atoms with Crippen LogP contribution < -0.4 is 5.32 Å². The van der Waals surface area contributed by atoms with E-state index in [0.717, 1.165) is 24.2 Å². The number of imidazole rings is 1. The zero-order chi connectivity index (χ0) is 14.7. The van der Waals surface area contributed by atoms with Gasteiger partial charge in [-0.25, -0.2) is 4.98 Å². The molecule has 1 N–H and O–H groups in total. The van der Waals surface area contributed by atoms with Gasteiger partial charge in [-0.05, 0) is 42.7 Å². The first kappa shape index (κ1) is 14.8. The third kappa shape index (κ3) is 3.55. The summed E-state index contributed by atoms with van der Waals surface area (Å²) in [6, 6.07) is 4.56. The van der Waals surface area contributed by atoms with Crippen molar-refractivity contribution in [1.82, 2.24) is 14.9 Å². The number of aromatic nitrogens is 2. The van der Waals surface area contributed by atoms with E-state index in [2.05, 4.69) is 46.4 Å². The summed E-state index contributed by atoms with van der Waals surface area (Å²) in [5.41, 5.74) is 0. The highest BCUT2D eigenvalue weighted by Crippen LogP contribution is 2.30. The molecule has 21 heavy (non-hydrogen) atoms. The highest BCUT2D eigenvalue weighted by Gasteiger charge is 2.23. The van der Waals surface area contributed by atoms with E-state index in [1.807, 2.05) is 23.7 Å². The lowest BCUT2D eigenvalue weighted by Gasteiger charge is -2.28. The molecular formula is C17H25N3S. The lowest BCUT2D eigenvalue weighted by molar-refractivity contribution is 0.269. The molecule has 0 amide bonds. The van der Waals surface area contributed by atoms with Crippen molar-refractivity contribution in [3.63, 3.8) is 0 Å². The van der Waals surface area contributed by atoms with Crippen molar-refractivity contribution in [2.24, 2.45) is 18.9 Å². The Balaban J connectivity index is 1.70. The number of hydrogen-bond acceptors (Lipinski definition) is 3. The van der Waals surface area contributed by atoms with Gasteiger partial charge in [0, 0.05) is 24.3 Å². The summed E-state index contributed by atoms with van der Waals surface area (Å²) in [5, 5.41) is 5.93. The minimum absolute atomic E-state index is 0.224. The smallest absolute Gasteiger partial charge is 0.131 e. The molecule has 3 rings (SSSR count). The van der Waals surface area contributed by atoms with Gasteiger partial charge in [-0.2, -0.15) is 0 Å². The number of thiophene rings is 1. The van der Waals surface area contributed by atoms with Gasteiger partial charge in [0.25, 0.3) is 0 Å². The number of aryl methyl sites for hydroxylation is 1. The average molecular weight is 303 g/mol. The molecule has 0 aliphatic heterocycles. The van der Waals surface area contributed by atoms with Gasteiger partial charge < -0.3 is 9.88 Å². The van der Waals surface area contributed by atoms with Crippen molar-refractivity contribution in [3.8, 4) is 0 Å². The van der Waals surface area contributed by atoms with Crippen molar-refractivity contribution in [1.29, 1.82) is 0 Å². The fourth-order valence-electron chi connectivity index (χ4n) is 3.46. The Morgan fingerprint density at radius 2 is 2.38 bits per heavy atom. The third-order valence-electron chi connectivity index (χ3n) is 4.60. The largest absolute Gasteiger partial charge is 0.336 e. The second-order valence-corrected chi connectivity index (χ2v) is 7.37. The molecule has 3 unspecified atom stereocenters. The van der Waals surface area contributed by atoms with Gasteiger partial charge in [-0.15, -0.1) is 11.3 Å². The lowest BCUT2D eigenvalue weighted by Crippen LogP contribution is -2.31. The number of hydrogen-bond donors (Lipinski definition) is 1. The molecule has 3 atom stereocenters. The fraction of sp³-hybridized carbons (Fsp3) is 0.588. The quantitative estimate of drug-likeness (QED) is 0.905. The van der Waals surface area contributed by atoms with Crippen molar-refractivity contribution in [3.05, 3.63) is 40.6 Å². The van der Waals surface area contributed by atoms with Gasteiger partial charge in [0.1, 0.15) is 11.9 Å². The van der Waals surface area contributed by atoms with E-state index in [4.69, 9.17) is 0 Å². The number of nitrogens with one attached hydrogen (secondary N) is 1. The van der Waals surface area contributed by atoms with E-state index in [1.54, 1.807) is 0 Å². The molecule has 114 valence electrons. The van der Waals surface area contributed by atoms with Gasteiger partial charge in [-0.1, -0.05) is 25.8 Å². The maximum atomic E-state index is 4.56. The lowest BCUT2D eigenvalue weighted by atomic mass is 9.82. The van der Waals surface area contributed by atoms with Crippen LogP contribution in [0, 0.1) is 11.8 Å². The molecule has 0 spiro atoms. The highest BCUT2D eigenvalue weighted by atomic mass is 32.1. The predicted octanol–water partition coefficient (Wildman–Crippen LogP) is 3.99. The van der Waals surface area contributed by atoms with E-state index in [-0.39, 0.29) is 6.04 Å². The zero-order valence-electron chi connectivity index (χ0n) is 13.0. The third-order valence-corrected chi connectivity index (χ3v) is 5.54. The molecule has 1 saturated carbocycles. The zero-order valence-corrected chi connectivity index (χ0v) is 13.8. The summed E-state index contributed by atoms with van der Waals surface area (Å²) in [6.07, 6.45) is 9.45. The van der Waals surface area contributed by atoms with Crippen LogP contribution in [0.1, 0.15) is 49.4 Å².